The van der Waals surface area contributed by atoms with Crippen LogP contribution in [0.1, 0.15) is 28.4 Å². The second kappa shape index (κ2) is 9.00. The quantitative estimate of drug-likeness (QED) is 0.372. The summed E-state index contributed by atoms with van der Waals surface area (Å²) >= 11 is 7.69. The lowest BCUT2D eigenvalue weighted by Crippen LogP contribution is -2.41. The van der Waals surface area contributed by atoms with E-state index in [2.05, 4.69) is 23.2 Å². The van der Waals surface area contributed by atoms with Gasteiger partial charge in [0, 0.05) is 33.9 Å². The number of fused-ring (bicyclic) bond motifs is 3. The molecule has 0 saturated heterocycles. The third kappa shape index (κ3) is 4.15. The molecule has 2 heterocycles. The van der Waals surface area contributed by atoms with Crippen LogP contribution in [0.3, 0.4) is 0 Å². The van der Waals surface area contributed by atoms with E-state index in [4.69, 9.17) is 11.6 Å². The van der Waals surface area contributed by atoms with Crippen LogP contribution in [0, 0.1) is 5.82 Å². The number of para-hydroxylation sites is 1. The lowest BCUT2D eigenvalue weighted by Gasteiger charge is -2.36. The Morgan fingerprint density at radius 2 is 1.81 bits per heavy atom. The standard InChI is InChI=1S/C26H22ClFN2OS/c27-19-9-7-18(8-10-19)26-25-22(21-3-1-2-4-23(21)29-25)13-14-30(26)24(31)16-32-15-17-5-11-20(28)12-6-17/h1-12,26,29H,13-16H2/t26-/m1/s1. The SMILES string of the molecule is O=C(CSCc1ccc(F)cc1)N1CCc2c([nH]c3ccccc23)[C@H]1c1ccc(Cl)cc1. The smallest absolute Gasteiger partial charge is 0.233 e. The Balaban J connectivity index is 1.42. The fraction of sp³-hybridized carbons (Fsp3) is 0.192. The van der Waals surface area contributed by atoms with Crippen molar-refractivity contribution in [2.75, 3.05) is 12.3 Å². The number of H-pyrrole nitrogens is 1. The van der Waals surface area contributed by atoms with Gasteiger partial charge in [0.25, 0.3) is 0 Å². The van der Waals surface area contributed by atoms with Crippen molar-refractivity contribution in [3.63, 3.8) is 0 Å². The van der Waals surface area contributed by atoms with E-state index in [1.807, 2.05) is 35.2 Å². The summed E-state index contributed by atoms with van der Waals surface area (Å²) in [7, 11) is 0. The number of amides is 1. The molecule has 1 amide bonds. The predicted molar refractivity (Wildman–Crippen MR) is 130 cm³/mol. The number of aromatic amines is 1. The van der Waals surface area contributed by atoms with Crippen molar-refractivity contribution in [2.24, 2.45) is 0 Å². The molecule has 1 aliphatic heterocycles. The third-order valence-corrected chi connectivity index (χ3v) is 7.19. The molecular formula is C26H22ClFN2OS. The Kier molecular flexibility index (Phi) is 5.94. The van der Waals surface area contributed by atoms with Crippen LogP contribution in [0.15, 0.2) is 72.8 Å². The first kappa shape index (κ1) is 21.1. The summed E-state index contributed by atoms with van der Waals surface area (Å²) in [6.45, 7) is 0.665. The van der Waals surface area contributed by atoms with Gasteiger partial charge in [0.1, 0.15) is 5.82 Å². The molecule has 3 nitrogen and oxygen atoms in total. The lowest BCUT2D eigenvalue weighted by molar-refractivity contribution is -0.130. The largest absolute Gasteiger partial charge is 0.356 e. The molecule has 1 N–H and O–H groups in total. The molecule has 0 spiro atoms. The lowest BCUT2D eigenvalue weighted by atomic mass is 9.92. The molecule has 1 aromatic heterocycles. The number of hydrogen-bond donors (Lipinski definition) is 1. The highest BCUT2D eigenvalue weighted by Crippen LogP contribution is 2.39. The van der Waals surface area contributed by atoms with E-state index in [1.54, 1.807) is 23.9 Å². The van der Waals surface area contributed by atoms with E-state index < -0.39 is 0 Å². The number of nitrogens with one attached hydrogen (secondary N) is 1. The van der Waals surface area contributed by atoms with E-state index in [0.29, 0.717) is 23.1 Å². The molecule has 1 atom stereocenters. The number of rotatable bonds is 5. The molecule has 162 valence electrons. The number of benzene rings is 3. The fourth-order valence-corrected chi connectivity index (χ4v) is 5.42. The zero-order chi connectivity index (χ0) is 22.1. The molecule has 0 radical (unpaired) electrons. The van der Waals surface area contributed by atoms with Gasteiger partial charge in [0.2, 0.25) is 5.91 Å². The van der Waals surface area contributed by atoms with Gasteiger partial charge in [0.05, 0.1) is 11.8 Å². The Hall–Kier alpha value is -2.76. The average molecular weight is 465 g/mol. The van der Waals surface area contributed by atoms with Crippen molar-refractivity contribution in [3.05, 3.63) is 106 Å². The van der Waals surface area contributed by atoms with Gasteiger partial charge in [-0.1, -0.05) is 54.1 Å². The minimum atomic E-state index is -0.247. The van der Waals surface area contributed by atoms with Crippen molar-refractivity contribution in [1.29, 1.82) is 0 Å². The number of aromatic nitrogens is 1. The zero-order valence-electron chi connectivity index (χ0n) is 17.4. The molecule has 0 unspecified atom stereocenters. The molecule has 4 aromatic rings. The number of hydrogen-bond acceptors (Lipinski definition) is 2. The zero-order valence-corrected chi connectivity index (χ0v) is 18.9. The van der Waals surface area contributed by atoms with Crippen molar-refractivity contribution in [3.8, 4) is 0 Å². The summed E-state index contributed by atoms with van der Waals surface area (Å²) in [5.41, 5.74) is 5.51. The van der Waals surface area contributed by atoms with Crippen LogP contribution in [-0.4, -0.2) is 28.1 Å². The second-order valence-corrected chi connectivity index (χ2v) is 9.40. The normalized spacial score (nSPS) is 15.7. The van der Waals surface area contributed by atoms with Gasteiger partial charge >= 0.3 is 0 Å². The maximum atomic E-state index is 13.3. The molecule has 0 aliphatic carbocycles. The van der Waals surface area contributed by atoms with Crippen LogP contribution in [0.4, 0.5) is 4.39 Å². The molecule has 0 fully saturated rings. The van der Waals surface area contributed by atoms with Crippen LogP contribution in [0.2, 0.25) is 5.02 Å². The van der Waals surface area contributed by atoms with Crippen molar-refractivity contribution in [2.45, 2.75) is 18.2 Å². The van der Waals surface area contributed by atoms with Gasteiger partial charge in [-0.05, 0) is 53.4 Å². The monoisotopic (exact) mass is 464 g/mol. The summed E-state index contributed by atoms with van der Waals surface area (Å²) in [5.74, 6) is 0.893. The Bertz CT molecular complexity index is 1250. The molecule has 32 heavy (non-hydrogen) atoms. The molecule has 5 rings (SSSR count). The Morgan fingerprint density at radius 3 is 2.59 bits per heavy atom. The van der Waals surface area contributed by atoms with Gasteiger partial charge in [-0.3, -0.25) is 4.79 Å². The first-order valence-electron chi connectivity index (χ1n) is 10.6. The number of halogens is 2. The molecular weight excluding hydrogens is 443 g/mol. The topological polar surface area (TPSA) is 36.1 Å². The first-order chi connectivity index (χ1) is 15.6. The van der Waals surface area contributed by atoms with Crippen molar-refractivity contribution < 1.29 is 9.18 Å². The van der Waals surface area contributed by atoms with Crippen LogP contribution >= 0.6 is 23.4 Å². The average Bonchev–Trinajstić information content (AvgIpc) is 3.19. The Labute approximate surface area is 195 Å². The highest BCUT2D eigenvalue weighted by atomic mass is 35.5. The first-order valence-corrected chi connectivity index (χ1v) is 12.1. The van der Waals surface area contributed by atoms with Gasteiger partial charge in [-0.15, -0.1) is 11.8 Å². The van der Waals surface area contributed by atoms with E-state index in [9.17, 15) is 9.18 Å². The van der Waals surface area contributed by atoms with Crippen LogP contribution in [0.5, 0.6) is 0 Å². The fourth-order valence-electron chi connectivity index (χ4n) is 4.42. The van der Waals surface area contributed by atoms with Crippen LogP contribution < -0.4 is 0 Å². The summed E-state index contributed by atoms with van der Waals surface area (Å²) in [5, 5.41) is 1.90. The molecule has 0 bridgehead atoms. The van der Waals surface area contributed by atoms with Gasteiger partial charge in [-0.2, -0.15) is 0 Å². The molecule has 3 aromatic carbocycles. The summed E-state index contributed by atoms with van der Waals surface area (Å²) in [6, 6.07) is 22.3. The van der Waals surface area contributed by atoms with Crippen LogP contribution in [-0.2, 0) is 17.0 Å². The summed E-state index contributed by atoms with van der Waals surface area (Å²) in [4.78, 5) is 18.9. The maximum absolute atomic E-state index is 13.3. The number of carbonyl (C=O) groups is 1. The minimum absolute atomic E-state index is 0.0985. The third-order valence-electron chi connectivity index (χ3n) is 5.95. The number of nitrogens with zero attached hydrogens (tertiary/aromatic N) is 1. The maximum Gasteiger partial charge on any atom is 0.233 e. The van der Waals surface area contributed by atoms with Crippen LogP contribution in [0.25, 0.3) is 10.9 Å². The number of carbonyl (C=O) groups excluding carboxylic acids is 1. The second-order valence-electron chi connectivity index (χ2n) is 7.97. The van der Waals surface area contributed by atoms with Crippen molar-refractivity contribution >= 4 is 40.2 Å². The summed E-state index contributed by atoms with van der Waals surface area (Å²) in [6.07, 6.45) is 0.817. The van der Waals surface area contributed by atoms with E-state index in [-0.39, 0.29) is 17.8 Å². The van der Waals surface area contributed by atoms with Gasteiger partial charge < -0.3 is 9.88 Å². The Morgan fingerprint density at radius 1 is 1.06 bits per heavy atom. The van der Waals surface area contributed by atoms with Gasteiger partial charge in [-0.25, -0.2) is 4.39 Å². The van der Waals surface area contributed by atoms with Gasteiger partial charge in [0.15, 0.2) is 0 Å². The highest BCUT2D eigenvalue weighted by molar-refractivity contribution is 7.99. The van der Waals surface area contributed by atoms with E-state index in [1.165, 1.54) is 23.1 Å². The number of thioether (sulfide) groups is 1. The van der Waals surface area contributed by atoms with Crippen molar-refractivity contribution in [1.82, 2.24) is 9.88 Å². The molecule has 6 heteroatoms. The minimum Gasteiger partial charge on any atom is -0.356 e. The molecule has 0 saturated carbocycles. The van der Waals surface area contributed by atoms with E-state index in [0.717, 1.165) is 28.8 Å². The highest BCUT2D eigenvalue weighted by Gasteiger charge is 2.34. The summed E-state index contributed by atoms with van der Waals surface area (Å²) < 4.78 is 13.1. The predicted octanol–water partition coefficient (Wildman–Crippen LogP) is 6.37. The van der Waals surface area contributed by atoms with E-state index >= 15 is 0 Å². The molecule has 1 aliphatic rings.